The molecule has 0 aromatic carbocycles. The predicted octanol–water partition coefficient (Wildman–Crippen LogP) is 2.42. The molecule has 0 heterocycles. The second kappa shape index (κ2) is 4.86. The molecular formula is C12H22N2O. The van der Waals surface area contributed by atoms with Gasteiger partial charge in [-0.3, -0.25) is 0 Å². The van der Waals surface area contributed by atoms with Crippen LogP contribution in [0.1, 0.15) is 51.9 Å². The van der Waals surface area contributed by atoms with Crippen LogP contribution in [0.5, 0.6) is 0 Å². The van der Waals surface area contributed by atoms with E-state index in [-0.39, 0.29) is 6.03 Å². The summed E-state index contributed by atoms with van der Waals surface area (Å²) in [4.78, 5) is 11.6. The minimum Gasteiger partial charge on any atom is -0.335 e. The molecular weight excluding hydrogens is 188 g/mol. The molecule has 2 aliphatic carbocycles. The SMILES string of the molecule is CCCC1CC1NC(=O)NC1CCCC1. The van der Waals surface area contributed by atoms with Gasteiger partial charge in [-0.25, -0.2) is 4.79 Å². The van der Waals surface area contributed by atoms with Crippen LogP contribution < -0.4 is 10.6 Å². The molecule has 3 heteroatoms. The maximum atomic E-state index is 11.6. The molecule has 2 saturated carbocycles. The number of carbonyl (C=O) groups excluding carboxylic acids is 1. The zero-order chi connectivity index (χ0) is 10.7. The van der Waals surface area contributed by atoms with Crippen LogP contribution in [0.2, 0.25) is 0 Å². The normalized spacial score (nSPS) is 30.2. The van der Waals surface area contributed by atoms with Crippen molar-refractivity contribution in [3.05, 3.63) is 0 Å². The maximum Gasteiger partial charge on any atom is 0.315 e. The van der Waals surface area contributed by atoms with Gasteiger partial charge in [0, 0.05) is 12.1 Å². The fraction of sp³-hybridized carbons (Fsp3) is 0.917. The molecule has 2 atom stereocenters. The largest absolute Gasteiger partial charge is 0.335 e. The molecule has 2 fully saturated rings. The first-order valence-corrected chi connectivity index (χ1v) is 6.36. The van der Waals surface area contributed by atoms with Crippen molar-refractivity contribution in [1.29, 1.82) is 0 Å². The highest BCUT2D eigenvalue weighted by Gasteiger charge is 2.37. The van der Waals surface area contributed by atoms with Crippen molar-refractivity contribution in [3.8, 4) is 0 Å². The molecule has 15 heavy (non-hydrogen) atoms. The molecule has 86 valence electrons. The quantitative estimate of drug-likeness (QED) is 0.735. The Balaban J connectivity index is 1.61. The van der Waals surface area contributed by atoms with Gasteiger partial charge in [0.15, 0.2) is 0 Å². The fourth-order valence-electron chi connectivity index (χ4n) is 2.58. The van der Waals surface area contributed by atoms with Crippen LogP contribution in [0.15, 0.2) is 0 Å². The number of hydrogen-bond donors (Lipinski definition) is 2. The molecule has 0 aromatic heterocycles. The highest BCUT2D eigenvalue weighted by molar-refractivity contribution is 5.75. The van der Waals surface area contributed by atoms with Crippen LogP contribution in [0.3, 0.4) is 0 Å². The molecule has 2 N–H and O–H groups in total. The Labute approximate surface area is 92.0 Å². The molecule has 0 saturated heterocycles. The van der Waals surface area contributed by atoms with Gasteiger partial charge in [-0.2, -0.15) is 0 Å². The van der Waals surface area contributed by atoms with Gasteiger partial charge in [-0.05, 0) is 31.6 Å². The molecule has 2 rings (SSSR count). The summed E-state index contributed by atoms with van der Waals surface area (Å²) >= 11 is 0. The molecule has 3 nitrogen and oxygen atoms in total. The predicted molar refractivity (Wildman–Crippen MR) is 60.7 cm³/mol. The third kappa shape index (κ3) is 3.11. The van der Waals surface area contributed by atoms with Gasteiger partial charge >= 0.3 is 6.03 Å². The van der Waals surface area contributed by atoms with Gasteiger partial charge in [-0.1, -0.05) is 26.2 Å². The maximum absolute atomic E-state index is 11.6. The molecule has 0 aromatic rings. The summed E-state index contributed by atoms with van der Waals surface area (Å²) in [6, 6.07) is 0.963. The van der Waals surface area contributed by atoms with E-state index >= 15 is 0 Å². The average molecular weight is 210 g/mol. The van der Waals surface area contributed by atoms with Crippen LogP contribution >= 0.6 is 0 Å². The summed E-state index contributed by atoms with van der Waals surface area (Å²) in [6.07, 6.45) is 8.54. The molecule has 0 bridgehead atoms. The molecule has 0 aliphatic heterocycles. The van der Waals surface area contributed by atoms with Gasteiger partial charge < -0.3 is 10.6 Å². The molecule has 0 radical (unpaired) electrons. The summed E-state index contributed by atoms with van der Waals surface area (Å²) < 4.78 is 0. The second-order valence-electron chi connectivity index (χ2n) is 4.99. The minimum absolute atomic E-state index is 0.0607. The lowest BCUT2D eigenvalue weighted by molar-refractivity contribution is 0.236. The lowest BCUT2D eigenvalue weighted by Crippen LogP contribution is -2.42. The van der Waals surface area contributed by atoms with E-state index in [2.05, 4.69) is 17.6 Å². The van der Waals surface area contributed by atoms with Crippen molar-refractivity contribution < 1.29 is 4.79 Å². The van der Waals surface area contributed by atoms with Crippen LogP contribution in [-0.2, 0) is 0 Å². The highest BCUT2D eigenvalue weighted by atomic mass is 16.2. The average Bonchev–Trinajstić information content (AvgIpc) is 2.73. The summed E-state index contributed by atoms with van der Waals surface area (Å²) in [5, 5.41) is 6.13. The molecule has 0 spiro atoms. The van der Waals surface area contributed by atoms with Gasteiger partial charge in [0.25, 0.3) is 0 Å². The van der Waals surface area contributed by atoms with Crippen LogP contribution in [-0.4, -0.2) is 18.1 Å². The van der Waals surface area contributed by atoms with Gasteiger partial charge in [0.05, 0.1) is 0 Å². The van der Waals surface area contributed by atoms with Crippen LogP contribution in [0, 0.1) is 5.92 Å². The number of amides is 2. The minimum atomic E-state index is 0.0607. The topological polar surface area (TPSA) is 41.1 Å². The van der Waals surface area contributed by atoms with E-state index in [9.17, 15) is 4.79 Å². The standard InChI is InChI=1S/C12H22N2O/c1-2-5-9-8-11(9)14-12(15)13-10-6-3-4-7-10/h9-11H,2-8H2,1H3,(H2,13,14,15). The van der Waals surface area contributed by atoms with Crippen molar-refractivity contribution in [2.45, 2.75) is 64.0 Å². The van der Waals surface area contributed by atoms with Gasteiger partial charge in [0.1, 0.15) is 0 Å². The van der Waals surface area contributed by atoms with Crippen molar-refractivity contribution in [2.24, 2.45) is 5.92 Å². The van der Waals surface area contributed by atoms with Gasteiger partial charge in [-0.15, -0.1) is 0 Å². The van der Waals surface area contributed by atoms with Crippen molar-refractivity contribution in [2.75, 3.05) is 0 Å². The summed E-state index contributed by atoms with van der Waals surface area (Å²) in [5.41, 5.74) is 0. The summed E-state index contributed by atoms with van der Waals surface area (Å²) in [7, 11) is 0. The molecule has 2 aliphatic rings. The summed E-state index contributed by atoms with van der Waals surface area (Å²) in [5.74, 6) is 0.754. The number of carbonyl (C=O) groups is 1. The number of urea groups is 1. The summed E-state index contributed by atoms with van der Waals surface area (Å²) in [6.45, 7) is 2.20. The fourth-order valence-corrected chi connectivity index (χ4v) is 2.58. The van der Waals surface area contributed by atoms with Crippen molar-refractivity contribution in [3.63, 3.8) is 0 Å². The van der Waals surface area contributed by atoms with Crippen LogP contribution in [0.25, 0.3) is 0 Å². The Bertz CT molecular complexity index is 224. The Morgan fingerprint density at radius 1 is 1.27 bits per heavy atom. The van der Waals surface area contributed by atoms with Gasteiger partial charge in [0.2, 0.25) is 0 Å². The zero-order valence-electron chi connectivity index (χ0n) is 9.59. The van der Waals surface area contributed by atoms with E-state index in [1.54, 1.807) is 0 Å². The van der Waals surface area contributed by atoms with Crippen LogP contribution in [0.4, 0.5) is 4.79 Å². The first kappa shape index (κ1) is 10.8. The number of rotatable bonds is 4. The van der Waals surface area contributed by atoms with E-state index in [0.29, 0.717) is 12.1 Å². The van der Waals surface area contributed by atoms with E-state index < -0.39 is 0 Å². The van der Waals surface area contributed by atoms with E-state index in [1.165, 1.54) is 32.1 Å². The first-order chi connectivity index (χ1) is 7.29. The third-order valence-electron chi connectivity index (χ3n) is 3.59. The Morgan fingerprint density at radius 2 is 2.00 bits per heavy atom. The zero-order valence-corrected chi connectivity index (χ0v) is 9.59. The highest BCUT2D eigenvalue weighted by Crippen LogP contribution is 2.34. The Hall–Kier alpha value is -0.730. The monoisotopic (exact) mass is 210 g/mol. The lowest BCUT2D eigenvalue weighted by atomic mass is 10.2. The van der Waals surface area contributed by atoms with E-state index in [0.717, 1.165) is 18.8 Å². The van der Waals surface area contributed by atoms with E-state index in [1.807, 2.05) is 0 Å². The first-order valence-electron chi connectivity index (χ1n) is 6.36. The lowest BCUT2D eigenvalue weighted by Gasteiger charge is -2.12. The smallest absolute Gasteiger partial charge is 0.315 e. The second-order valence-corrected chi connectivity index (χ2v) is 4.99. The van der Waals surface area contributed by atoms with Crippen molar-refractivity contribution in [1.82, 2.24) is 10.6 Å². The number of hydrogen-bond acceptors (Lipinski definition) is 1. The van der Waals surface area contributed by atoms with E-state index in [4.69, 9.17) is 0 Å². The number of nitrogens with one attached hydrogen (secondary N) is 2. The third-order valence-corrected chi connectivity index (χ3v) is 3.59. The molecule has 2 unspecified atom stereocenters. The molecule has 2 amide bonds. The Kier molecular flexibility index (Phi) is 3.49. The Morgan fingerprint density at radius 3 is 2.67 bits per heavy atom. The van der Waals surface area contributed by atoms with Crippen molar-refractivity contribution >= 4 is 6.03 Å².